The maximum Gasteiger partial charge on any atom is 0.320 e. The third-order valence-electron chi connectivity index (χ3n) is 5.39. The molecule has 2 N–H and O–H groups in total. The van der Waals surface area contributed by atoms with Crippen LogP contribution in [0.15, 0.2) is 21.3 Å². The molecule has 0 bridgehead atoms. The number of hydrogen-bond donors (Lipinski definition) is 2. The number of ether oxygens (including phenoxy) is 2. The van der Waals surface area contributed by atoms with Crippen LogP contribution < -0.4 is 10.2 Å². The highest BCUT2D eigenvalue weighted by molar-refractivity contribution is 7.99. The monoisotopic (exact) mass is 435 g/mol. The van der Waals surface area contributed by atoms with Gasteiger partial charge in [0.05, 0.1) is 12.1 Å². The van der Waals surface area contributed by atoms with Crippen LogP contribution in [0, 0.1) is 0 Å². The lowest BCUT2D eigenvalue weighted by atomic mass is 9.96. The number of phenols is 1. The summed E-state index contributed by atoms with van der Waals surface area (Å²) in [6.07, 6.45) is -0.257. The van der Waals surface area contributed by atoms with Gasteiger partial charge in [0.2, 0.25) is 0 Å². The lowest BCUT2D eigenvalue weighted by molar-refractivity contribution is -0.146. The molecule has 3 heterocycles. The molecule has 1 aromatic heterocycles. The molecule has 8 nitrogen and oxygen atoms in total. The van der Waals surface area contributed by atoms with Crippen LogP contribution in [-0.2, 0) is 22.6 Å². The normalized spacial score (nSPS) is 19.5. The lowest BCUT2D eigenvalue weighted by Gasteiger charge is -2.24. The number of rotatable bonds is 5. The van der Waals surface area contributed by atoms with E-state index >= 15 is 0 Å². The fourth-order valence-electron chi connectivity index (χ4n) is 3.66. The van der Waals surface area contributed by atoms with Gasteiger partial charge in [-0.25, -0.2) is 0 Å². The van der Waals surface area contributed by atoms with Gasteiger partial charge in [0.25, 0.3) is 0 Å². The molecular formula is C21H25NO7S. The van der Waals surface area contributed by atoms with Gasteiger partial charge in [-0.05, 0) is 13.8 Å². The second kappa shape index (κ2) is 8.13. The van der Waals surface area contributed by atoms with Crippen molar-refractivity contribution in [3.8, 4) is 11.5 Å². The van der Waals surface area contributed by atoms with E-state index in [2.05, 4.69) is 0 Å². The van der Waals surface area contributed by atoms with E-state index < -0.39 is 17.1 Å². The molecule has 0 aliphatic carbocycles. The molecule has 2 aliphatic rings. The van der Waals surface area contributed by atoms with Gasteiger partial charge in [-0.2, -0.15) is 11.8 Å². The van der Waals surface area contributed by atoms with Crippen molar-refractivity contribution in [3.05, 3.63) is 33.7 Å². The SMILES string of the molecule is CC(C)(O)C1Cc2c(cc3oc(COC(=O)CN4CCSCC4)cc(=O)c3c2O)O1. The Hall–Kier alpha value is -2.23. The van der Waals surface area contributed by atoms with Gasteiger partial charge in [-0.15, -0.1) is 0 Å². The number of hydrogen-bond acceptors (Lipinski definition) is 9. The number of phenolic OH excluding ortho intramolecular Hbond substituents is 1. The fraction of sp³-hybridized carbons (Fsp3) is 0.524. The molecule has 162 valence electrons. The Morgan fingerprint density at radius 2 is 2.07 bits per heavy atom. The first-order valence-electron chi connectivity index (χ1n) is 9.88. The maximum absolute atomic E-state index is 12.6. The molecule has 2 aliphatic heterocycles. The molecule has 1 aromatic carbocycles. The van der Waals surface area contributed by atoms with E-state index in [1.165, 1.54) is 12.1 Å². The van der Waals surface area contributed by atoms with Gasteiger partial charge >= 0.3 is 5.97 Å². The van der Waals surface area contributed by atoms with Crippen LogP contribution >= 0.6 is 11.8 Å². The average molecular weight is 435 g/mol. The number of carbonyl (C=O) groups is 1. The van der Waals surface area contributed by atoms with Crippen molar-refractivity contribution in [2.24, 2.45) is 0 Å². The topological polar surface area (TPSA) is 109 Å². The lowest BCUT2D eigenvalue weighted by Crippen LogP contribution is -2.39. The summed E-state index contributed by atoms with van der Waals surface area (Å²) in [6, 6.07) is 2.76. The average Bonchev–Trinajstić information content (AvgIpc) is 3.12. The smallest absolute Gasteiger partial charge is 0.320 e. The minimum absolute atomic E-state index is 0.0506. The van der Waals surface area contributed by atoms with E-state index in [0.717, 1.165) is 24.6 Å². The number of fused-ring (bicyclic) bond motifs is 2. The number of aliphatic hydroxyl groups is 1. The number of thioether (sulfide) groups is 1. The Bertz CT molecular complexity index is 1020. The molecule has 9 heteroatoms. The van der Waals surface area contributed by atoms with Crippen molar-refractivity contribution in [1.29, 1.82) is 0 Å². The van der Waals surface area contributed by atoms with E-state index in [1.807, 2.05) is 16.7 Å². The van der Waals surface area contributed by atoms with E-state index in [0.29, 0.717) is 11.3 Å². The van der Waals surface area contributed by atoms with Gasteiger partial charge in [-0.3, -0.25) is 14.5 Å². The Balaban J connectivity index is 1.52. The summed E-state index contributed by atoms with van der Waals surface area (Å²) in [5.41, 5.74) is -0.918. The third kappa shape index (κ3) is 4.28. The summed E-state index contributed by atoms with van der Waals surface area (Å²) in [5, 5.41) is 20.9. The quantitative estimate of drug-likeness (QED) is 0.678. The van der Waals surface area contributed by atoms with Crippen LogP contribution in [0.1, 0.15) is 25.2 Å². The highest BCUT2D eigenvalue weighted by atomic mass is 32.2. The number of esters is 1. The predicted molar refractivity (Wildman–Crippen MR) is 112 cm³/mol. The van der Waals surface area contributed by atoms with Gasteiger partial charge in [0.15, 0.2) is 5.43 Å². The zero-order valence-corrected chi connectivity index (χ0v) is 17.8. The third-order valence-corrected chi connectivity index (χ3v) is 6.33. The number of aromatic hydroxyl groups is 1. The summed E-state index contributed by atoms with van der Waals surface area (Å²) >= 11 is 1.86. The zero-order chi connectivity index (χ0) is 21.5. The minimum atomic E-state index is -1.11. The summed E-state index contributed by atoms with van der Waals surface area (Å²) < 4.78 is 16.7. The van der Waals surface area contributed by atoms with Gasteiger partial charge < -0.3 is 24.1 Å². The van der Waals surface area contributed by atoms with E-state index in [9.17, 15) is 19.8 Å². The van der Waals surface area contributed by atoms with Crippen molar-refractivity contribution < 1.29 is 28.9 Å². The van der Waals surface area contributed by atoms with Crippen LogP contribution in [0.4, 0.5) is 0 Å². The van der Waals surface area contributed by atoms with Crippen LogP contribution in [-0.4, -0.2) is 63.9 Å². The Morgan fingerprint density at radius 1 is 1.33 bits per heavy atom. The number of carbonyl (C=O) groups excluding carboxylic acids is 1. The predicted octanol–water partition coefficient (Wildman–Crippen LogP) is 1.66. The van der Waals surface area contributed by atoms with Crippen LogP contribution in [0.5, 0.6) is 11.5 Å². The molecule has 1 unspecified atom stereocenters. The molecule has 2 aromatic rings. The van der Waals surface area contributed by atoms with Gasteiger partial charge in [-0.1, -0.05) is 0 Å². The Morgan fingerprint density at radius 3 is 2.77 bits per heavy atom. The molecule has 1 saturated heterocycles. The molecule has 1 atom stereocenters. The highest BCUT2D eigenvalue weighted by Gasteiger charge is 2.37. The van der Waals surface area contributed by atoms with Crippen molar-refractivity contribution in [3.63, 3.8) is 0 Å². The number of nitrogens with zero attached hydrogens (tertiary/aromatic N) is 1. The van der Waals surface area contributed by atoms with Crippen molar-refractivity contribution in [1.82, 2.24) is 4.90 Å². The summed E-state index contributed by atoms with van der Waals surface area (Å²) in [6.45, 7) is 4.98. The zero-order valence-electron chi connectivity index (χ0n) is 17.0. The van der Waals surface area contributed by atoms with E-state index in [4.69, 9.17) is 13.9 Å². The van der Waals surface area contributed by atoms with Crippen molar-refractivity contribution in [2.45, 2.75) is 38.6 Å². The molecule has 0 amide bonds. The van der Waals surface area contributed by atoms with Crippen LogP contribution in [0.2, 0.25) is 0 Å². The van der Waals surface area contributed by atoms with E-state index in [-0.39, 0.29) is 48.0 Å². The van der Waals surface area contributed by atoms with Gasteiger partial charge in [0.1, 0.15) is 40.9 Å². The standard InChI is InChI=1S/C21H25NO7S/c1-21(2,26)17-8-13-15(29-17)9-16-19(20(13)25)14(23)7-12(28-16)11-27-18(24)10-22-3-5-30-6-4-22/h7,9,17,25-26H,3-6,8,10-11H2,1-2H3. The summed E-state index contributed by atoms with van der Waals surface area (Å²) in [7, 11) is 0. The number of benzene rings is 1. The second-order valence-corrected chi connectivity index (χ2v) is 9.39. The molecule has 4 rings (SSSR count). The first-order valence-corrected chi connectivity index (χ1v) is 11.0. The van der Waals surface area contributed by atoms with Crippen LogP contribution in [0.25, 0.3) is 11.0 Å². The second-order valence-electron chi connectivity index (χ2n) is 8.17. The highest BCUT2D eigenvalue weighted by Crippen LogP contribution is 2.42. The summed E-state index contributed by atoms with van der Waals surface area (Å²) in [4.78, 5) is 26.7. The largest absolute Gasteiger partial charge is 0.507 e. The van der Waals surface area contributed by atoms with Crippen molar-refractivity contribution >= 4 is 28.7 Å². The van der Waals surface area contributed by atoms with Crippen LogP contribution in [0.3, 0.4) is 0 Å². The summed E-state index contributed by atoms with van der Waals surface area (Å²) in [5.74, 6) is 1.97. The molecule has 0 spiro atoms. The minimum Gasteiger partial charge on any atom is -0.507 e. The molecule has 0 saturated carbocycles. The first-order chi connectivity index (χ1) is 14.2. The Labute approximate surface area is 177 Å². The molecular weight excluding hydrogens is 410 g/mol. The first kappa shape index (κ1) is 21.0. The fourth-order valence-corrected chi connectivity index (χ4v) is 4.64. The molecule has 30 heavy (non-hydrogen) atoms. The maximum atomic E-state index is 12.6. The molecule has 1 fully saturated rings. The molecule has 0 radical (unpaired) electrons. The Kier molecular flexibility index (Phi) is 5.69. The van der Waals surface area contributed by atoms with Gasteiger partial charge in [0, 0.05) is 48.7 Å². The van der Waals surface area contributed by atoms with E-state index in [1.54, 1.807) is 13.8 Å². The van der Waals surface area contributed by atoms with Crippen molar-refractivity contribution in [2.75, 3.05) is 31.1 Å².